The normalized spacial score (nSPS) is 13.0. The van der Waals surface area contributed by atoms with E-state index in [1.54, 1.807) is 19.1 Å². The molecule has 0 aliphatic heterocycles. The average Bonchev–Trinajstić information content (AvgIpc) is 3.00. The van der Waals surface area contributed by atoms with Crippen molar-refractivity contribution in [2.75, 3.05) is 0 Å². The van der Waals surface area contributed by atoms with Gasteiger partial charge in [0.15, 0.2) is 6.10 Å². The quantitative estimate of drug-likeness (QED) is 0.678. The van der Waals surface area contributed by atoms with Gasteiger partial charge in [0, 0.05) is 0 Å². The molecule has 0 radical (unpaired) electrons. The predicted octanol–water partition coefficient (Wildman–Crippen LogP) is 3.49. The van der Waals surface area contributed by atoms with Crippen LogP contribution in [0.15, 0.2) is 52.2 Å². The molecule has 122 valence electrons. The zero-order chi connectivity index (χ0) is 16.9. The van der Waals surface area contributed by atoms with Crippen LogP contribution < -0.4 is 10.2 Å². The molecule has 1 aromatic carbocycles. The van der Waals surface area contributed by atoms with E-state index >= 15 is 0 Å². The highest BCUT2D eigenvalue weighted by Crippen LogP contribution is 2.24. The van der Waals surface area contributed by atoms with Crippen molar-refractivity contribution in [3.05, 3.63) is 54.0 Å². The van der Waals surface area contributed by atoms with E-state index in [0.29, 0.717) is 11.5 Å². The van der Waals surface area contributed by atoms with Crippen LogP contribution in [-0.2, 0) is 10.2 Å². The first-order valence-electron chi connectivity index (χ1n) is 7.50. The number of carbonyl (C=O) groups excluding carboxylic acids is 1. The highest BCUT2D eigenvalue weighted by molar-refractivity contribution is 5.83. The second-order valence-corrected chi connectivity index (χ2v) is 6.28. The Hall–Kier alpha value is -2.56. The molecular formula is C18H22N2O3. The van der Waals surface area contributed by atoms with E-state index < -0.39 is 6.10 Å². The molecule has 1 unspecified atom stereocenters. The average molecular weight is 314 g/mol. The van der Waals surface area contributed by atoms with E-state index in [-0.39, 0.29) is 11.3 Å². The Bertz CT molecular complexity index is 653. The third-order valence-electron chi connectivity index (χ3n) is 3.31. The number of nitrogens with one attached hydrogen (secondary N) is 1. The summed E-state index contributed by atoms with van der Waals surface area (Å²) in [6.45, 7) is 8.12. The molecule has 2 aromatic rings. The van der Waals surface area contributed by atoms with Crippen molar-refractivity contribution in [2.24, 2.45) is 5.10 Å². The standard InChI is InChI=1S/C18H22N2O3/c1-13(17(21)20-19-12-16-6-5-11-22-16)23-15-9-7-14(8-10-15)18(2,3)4/h5-13H,1-4H3,(H,20,21)/b19-12+. The van der Waals surface area contributed by atoms with Gasteiger partial charge in [0.2, 0.25) is 0 Å². The molecule has 0 bridgehead atoms. The van der Waals surface area contributed by atoms with E-state index in [4.69, 9.17) is 9.15 Å². The van der Waals surface area contributed by atoms with E-state index in [1.807, 2.05) is 24.3 Å². The number of hydrazone groups is 1. The molecule has 5 nitrogen and oxygen atoms in total. The Kier molecular flexibility index (Phi) is 5.21. The molecule has 1 N–H and O–H groups in total. The fourth-order valence-corrected chi connectivity index (χ4v) is 1.91. The van der Waals surface area contributed by atoms with Crippen LogP contribution in [0.3, 0.4) is 0 Å². The van der Waals surface area contributed by atoms with Gasteiger partial charge in [0.25, 0.3) is 5.91 Å². The Morgan fingerprint density at radius 1 is 1.26 bits per heavy atom. The summed E-state index contributed by atoms with van der Waals surface area (Å²) >= 11 is 0. The van der Waals surface area contributed by atoms with Crippen molar-refractivity contribution in [2.45, 2.75) is 39.2 Å². The van der Waals surface area contributed by atoms with Gasteiger partial charge >= 0.3 is 0 Å². The Labute approximate surface area is 136 Å². The SMILES string of the molecule is CC(Oc1ccc(C(C)(C)C)cc1)C(=O)N/N=C/c1ccco1. The first-order valence-corrected chi connectivity index (χ1v) is 7.50. The Morgan fingerprint density at radius 2 is 1.96 bits per heavy atom. The summed E-state index contributed by atoms with van der Waals surface area (Å²) in [6, 6.07) is 11.2. The molecule has 0 spiro atoms. The molecule has 1 aromatic heterocycles. The van der Waals surface area contributed by atoms with Crippen LogP contribution in [0.5, 0.6) is 5.75 Å². The van der Waals surface area contributed by atoms with Crippen LogP contribution >= 0.6 is 0 Å². The number of amides is 1. The molecule has 0 saturated carbocycles. The molecular weight excluding hydrogens is 292 g/mol. The van der Waals surface area contributed by atoms with E-state index in [1.165, 1.54) is 18.0 Å². The van der Waals surface area contributed by atoms with Gasteiger partial charge in [-0.15, -0.1) is 0 Å². The number of carbonyl (C=O) groups is 1. The number of nitrogens with zero attached hydrogens (tertiary/aromatic N) is 1. The Morgan fingerprint density at radius 3 is 2.52 bits per heavy atom. The Balaban J connectivity index is 1.88. The van der Waals surface area contributed by atoms with Crippen molar-refractivity contribution in [3.63, 3.8) is 0 Å². The smallest absolute Gasteiger partial charge is 0.280 e. The lowest BCUT2D eigenvalue weighted by molar-refractivity contribution is -0.127. The maximum absolute atomic E-state index is 11.9. The molecule has 0 aliphatic carbocycles. The van der Waals surface area contributed by atoms with Crippen molar-refractivity contribution < 1.29 is 13.9 Å². The zero-order valence-corrected chi connectivity index (χ0v) is 13.9. The van der Waals surface area contributed by atoms with Crippen LogP contribution in [0.4, 0.5) is 0 Å². The second-order valence-electron chi connectivity index (χ2n) is 6.28. The first kappa shape index (κ1) is 16.8. The van der Waals surface area contributed by atoms with Crippen LogP contribution in [0.2, 0.25) is 0 Å². The maximum Gasteiger partial charge on any atom is 0.280 e. The van der Waals surface area contributed by atoms with Gasteiger partial charge in [-0.3, -0.25) is 4.79 Å². The van der Waals surface area contributed by atoms with E-state index in [0.717, 1.165) is 0 Å². The van der Waals surface area contributed by atoms with Gasteiger partial charge in [0.05, 0.1) is 12.5 Å². The first-order chi connectivity index (χ1) is 10.9. The van der Waals surface area contributed by atoms with Gasteiger partial charge in [-0.25, -0.2) is 5.43 Å². The molecule has 1 amide bonds. The highest BCUT2D eigenvalue weighted by Gasteiger charge is 2.16. The summed E-state index contributed by atoms with van der Waals surface area (Å²) in [6.07, 6.45) is 2.32. The lowest BCUT2D eigenvalue weighted by Gasteiger charge is -2.19. The van der Waals surface area contributed by atoms with E-state index in [2.05, 4.69) is 31.3 Å². The lowest BCUT2D eigenvalue weighted by Crippen LogP contribution is -2.33. The van der Waals surface area contributed by atoms with Crippen molar-refractivity contribution >= 4 is 12.1 Å². The second kappa shape index (κ2) is 7.13. The van der Waals surface area contributed by atoms with Crippen molar-refractivity contribution in [3.8, 4) is 5.75 Å². The maximum atomic E-state index is 11.9. The molecule has 0 aliphatic rings. The number of benzene rings is 1. The minimum Gasteiger partial charge on any atom is -0.481 e. The van der Waals surface area contributed by atoms with Crippen LogP contribution in [-0.4, -0.2) is 18.2 Å². The molecule has 1 heterocycles. The summed E-state index contributed by atoms with van der Waals surface area (Å²) in [7, 11) is 0. The molecule has 0 saturated heterocycles. The summed E-state index contributed by atoms with van der Waals surface area (Å²) in [4.78, 5) is 11.9. The van der Waals surface area contributed by atoms with Crippen LogP contribution in [0, 0.1) is 0 Å². The molecule has 23 heavy (non-hydrogen) atoms. The zero-order valence-electron chi connectivity index (χ0n) is 13.9. The summed E-state index contributed by atoms with van der Waals surface area (Å²) in [5.41, 5.74) is 3.72. The summed E-state index contributed by atoms with van der Waals surface area (Å²) in [5, 5.41) is 3.82. The predicted molar refractivity (Wildman–Crippen MR) is 89.7 cm³/mol. The van der Waals surface area contributed by atoms with Crippen molar-refractivity contribution in [1.29, 1.82) is 0 Å². The fraction of sp³-hybridized carbons (Fsp3) is 0.333. The number of hydrogen-bond acceptors (Lipinski definition) is 4. The molecule has 5 heteroatoms. The fourth-order valence-electron chi connectivity index (χ4n) is 1.91. The van der Waals surface area contributed by atoms with Gasteiger partial charge < -0.3 is 9.15 Å². The van der Waals surface area contributed by atoms with Gasteiger partial charge in [-0.1, -0.05) is 32.9 Å². The number of rotatable bonds is 5. The summed E-state index contributed by atoms with van der Waals surface area (Å²) < 4.78 is 10.7. The number of furan rings is 1. The third kappa shape index (κ3) is 4.98. The molecule has 1 atom stereocenters. The van der Waals surface area contributed by atoms with Crippen molar-refractivity contribution in [1.82, 2.24) is 5.43 Å². The third-order valence-corrected chi connectivity index (χ3v) is 3.31. The van der Waals surface area contributed by atoms with Crippen LogP contribution in [0.25, 0.3) is 0 Å². The van der Waals surface area contributed by atoms with Gasteiger partial charge in [0.1, 0.15) is 11.5 Å². The van der Waals surface area contributed by atoms with E-state index in [9.17, 15) is 4.79 Å². The largest absolute Gasteiger partial charge is 0.481 e. The number of hydrogen-bond donors (Lipinski definition) is 1. The summed E-state index contributed by atoms with van der Waals surface area (Å²) in [5.74, 6) is 0.889. The minimum atomic E-state index is -0.649. The minimum absolute atomic E-state index is 0.0854. The lowest BCUT2D eigenvalue weighted by atomic mass is 9.87. The van der Waals surface area contributed by atoms with Gasteiger partial charge in [-0.05, 0) is 42.2 Å². The van der Waals surface area contributed by atoms with Gasteiger partial charge in [-0.2, -0.15) is 5.10 Å². The molecule has 2 rings (SSSR count). The molecule has 0 fully saturated rings. The van der Waals surface area contributed by atoms with Crippen LogP contribution in [0.1, 0.15) is 39.0 Å². The topological polar surface area (TPSA) is 63.8 Å². The monoisotopic (exact) mass is 314 g/mol. The number of ether oxygens (including phenoxy) is 1. The highest BCUT2D eigenvalue weighted by atomic mass is 16.5.